The molecule has 0 aliphatic rings. The predicted octanol–water partition coefficient (Wildman–Crippen LogP) is 3.85. The Labute approximate surface area is 123 Å². The predicted molar refractivity (Wildman–Crippen MR) is 80.2 cm³/mol. The zero-order chi connectivity index (χ0) is 14.7. The lowest BCUT2D eigenvalue weighted by molar-refractivity contribution is 0.0939. The van der Waals surface area contributed by atoms with E-state index in [2.05, 4.69) is 5.32 Å². The number of carbonyl (C=O) groups excluding carboxylic acids is 1. The second-order valence-electron chi connectivity index (χ2n) is 4.75. The number of aromatic hydroxyl groups is 1. The largest absolute Gasteiger partial charge is 0.508 e. The number of nitrogens with one attached hydrogen (secondary N) is 1. The van der Waals surface area contributed by atoms with Gasteiger partial charge in [0, 0.05) is 10.6 Å². The third-order valence-electron chi connectivity index (χ3n) is 3.17. The molecule has 1 unspecified atom stereocenters. The summed E-state index contributed by atoms with van der Waals surface area (Å²) in [6.07, 6.45) is 0. The summed E-state index contributed by atoms with van der Waals surface area (Å²) >= 11 is 5.93. The maximum Gasteiger partial charge on any atom is 0.251 e. The van der Waals surface area contributed by atoms with Gasteiger partial charge in [0.05, 0.1) is 6.04 Å². The summed E-state index contributed by atoms with van der Waals surface area (Å²) in [5.74, 6) is -0.110. The van der Waals surface area contributed by atoms with E-state index in [4.69, 9.17) is 11.6 Å². The molecule has 4 heteroatoms. The van der Waals surface area contributed by atoms with Crippen LogP contribution in [0.3, 0.4) is 0 Å². The van der Waals surface area contributed by atoms with Crippen molar-refractivity contribution in [2.75, 3.05) is 0 Å². The van der Waals surface area contributed by atoms with E-state index >= 15 is 0 Å². The first-order valence-electron chi connectivity index (χ1n) is 6.33. The maximum absolute atomic E-state index is 12.1. The van der Waals surface area contributed by atoms with Gasteiger partial charge < -0.3 is 10.4 Å². The highest BCUT2D eigenvalue weighted by atomic mass is 35.5. The van der Waals surface area contributed by atoms with Crippen LogP contribution in [-0.2, 0) is 0 Å². The molecule has 0 fully saturated rings. The molecule has 0 spiro atoms. The van der Waals surface area contributed by atoms with E-state index < -0.39 is 0 Å². The molecule has 2 aromatic carbocycles. The molecule has 1 amide bonds. The zero-order valence-corrected chi connectivity index (χ0v) is 12.1. The number of phenolic OH excluding ortho intramolecular Hbond substituents is 1. The molecule has 2 aromatic rings. The molecule has 1 atom stereocenters. The molecular formula is C16H16ClNO2. The summed E-state index contributed by atoms with van der Waals surface area (Å²) in [4.78, 5) is 12.1. The fourth-order valence-electron chi connectivity index (χ4n) is 1.89. The van der Waals surface area contributed by atoms with Crippen molar-refractivity contribution < 1.29 is 9.90 Å². The Kier molecular flexibility index (Phi) is 4.30. The summed E-state index contributed by atoms with van der Waals surface area (Å²) in [5, 5.41) is 13.2. The highest BCUT2D eigenvalue weighted by molar-refractivity contribution is 6.30. The number of aryl methyl sites for hydroxylation is 1. The highest BCUT2D eigenvalue weighted by Gasteiger charge is 2.12. The summed E-state index contributed by atoms with van der Waals surface area (Å²) in [7, 11) is 0. The van der Waals surface area contributed by atoms with Gasteiger partial charge in [-0.1, -0.05) is 29.8 Å². The van der Waals surface area contributed by atoms with Crippen LogP contribution in [0, 0.1) is 6.92 Å². The van der Waals surface area contributed by atoms with Crippen LogP contribution in [0.4, 0.5) is 0 Å². The van der Waals surface area contributed by atoms with Gasteiger partial charge in [-0.15, -0.1) is 0 Å². The van der Waals surface area contributed by atoms with E-state index in [0.29, 0.717) is 10.6 Å². The van der Waals surface area contributed by atoms with Crippen molar-refractivity contribution in [3.8, 4) is 5.75 Å². The van der Waals surface area contributed by atoms with Crippen LogP contribution in [0.5, 0.6) is 5.75 Å². The second kappa shape index (κ2) is 5.97. The molecule has 0 heterocycles. The van der Waals surface area contributed by atoms with Gasteiger partial charge >= 0.3 is 0 Å². The van der Waals surface area contributed by atoms with Crippen molar-refractivity contribution in [3.63, 3.8) is 0 Å². The third kappa shape index (κ3) is 3.31. The minimum Gasteiger partial charge on any atom is -0.508 e. The van der Waals surface area contributed by atoms with Crippen molar-refractivity contribution >= 4 is 17.5 Å². The number of hydrogen-bond acceptors (Lipinski definition) is 2. The molecular weight excluding hydrogens is 274 g/mol. The normalized spacial score (nSPS) is 11.9. The average Bonchev–Trinajstić information content (AvgIpc) is 2.41. The van der Waals surface area contributed by atoms with E-state index in [1.165, 1.54) is 6.07 Å². The number of benzene rings is 2. The van der Waals surface area contributed by atoms with Crippen molar-refractivity contribution in [1.82, 2.24) is 5.32 Å². The summed E-state index contributed by atoms with van der Waals surface area (Å²) in [5.41, 5.74) is 2.11. The van der Waals surface area contributed by atoms with Crippen LogP contribution in [0.15, 0.2) is 42.5 Å². The van der Waals surface area contributed by atoms with Gasteiger partial charge in [-0.2, -0.15) is 0 Å². The van der Waals surface area contributed by atoms with Crippen molar-refractivity contribution in [3.05, 3.63) is 64.2 Å². The molecule has 0 bridgehead atoms. The smallest absolute Gasteiger partial charge is 0.251 e. The minimum absolute atomic E-state index is 0.119. The SMILES string of the molecule is Cc1ccc(C(=O)NC(C)c2cccc(Cl)c2)cc1O. The van der Waals surface area contributed by atoms with Gasteiger partial charge in [0.25, 0.3) is 5.91 Å². The van der Waals surface area contributed by atoms with E-state index in [1.807, 2.05) is 25.1 Å². The number of rotatable bonds is 3. The Morgan fingerprint density at radius 3 is 2.65 bits per heavy atom. The Morgan fingerprint density at radius 1 is 1.25 bits per heavy atom. The number of halogens is 1. The van der Waals surface area contributed by atoms with Crippen molar-refractivity contribution in [2.45, 2.75) is 19.9 Å². The van der Waals surface area contributed by atoms with Gasteiger partial charge in [0.15, 0.2) is 0 Å². The summed E-state index contributed by atoms with van der Waals surface area (Å²) in [6, 6.07) is 12.1. The summed E-state index contributed by atoms with van der Waals surface area (Å²) < 4.78 is 0. The molecule has 0 aromatic heterocycles. The van der Waals surface area contributed by atoms with Crippen LogP contribution < -0.4 is 5.32 Å². The summed E-state index contributed by atoms with van der Waals surface area (Å²) in [6.45, 7) is 3.67. The molecule has 0 saturated carbocycles. The molecule has 0 radical (unpaired) electrons. The van der Waals surface area contributed by atoms with E-state index in [9.17, 15) is 9.90 Å². The first-order chi connectivity index (χ1) is 9.47. The van der Waals surface area contributed by atoms with Gasteiger partial charge in [0.1, 0.15) is 5.75 Å². The zero-order valence-electron chi connectivity index (χ0n) is 11.4. The number of amides is 1. The Hall–Kier alpha value is -2.00. The minimum atomic E-state index is -0.229. The average molecular weight is 290 g/mol. The fourth-order valence-corrected chi connectivity index (χ4v) is 2.09. The number of hydrogen-bond donors (Lipinski definition) is 2. The first-order valence-corrected chi connectivity index (χ1v) is 6.71. The molecule has 104 valence electrons. The van der Waals surface area contributed by atoms with Gasteiger partial charge in [-0.3, -0.25) is 4.79 Å². The monoisotopic (exact) mass is 289 g/mol. The van der Waals surface area contributed by atoms with Crippen LogP contribution in [0.25, 0.3) is 0 Å². The van der Waals surface area contributed by atoms with E-state index in [-0.39, 0.29) is 17.7 Å². The molecule has 20 heavy (non-hydrogen) atoms. The molecule has 0 aliphatic heterocycles. The molecule has 2 rings (SSSR count). The Bertz CT molecular complexity index is 640. The van der Waals surface area contributed by atoms with Crippen molar-refractivity contribution in [1.29, 1.82) is 0 Å². The molecule has 3 nitrogen and oxygen atoms in total. The second-order valence-corrected chi connectivity index (χ2v) is 5.19. The molecule has 0 saturated heterocycles. The van der Waals surface area contributed by atoms with Crippen LogP contribution in [0.2, 0.25) is 5.02 Å². The Morgan fingerprint density at radius 2 is 2.00 bits per heavy atom. The van der Waals surface area contributed by atoms with E-state index in [1.54, 1.807) is 25.1 Å². The standard InChI is InChI=1S/C16H16ClNO2/c1-10-6-7-13(9-15(10)19)16(20)18-11(2)12-4-3-5-14(17)8-12/h3-9,11,19H,1-2H3,(H,18,20). The third-order valence-corrected chi connectivity index (χ3v) is 3.40. The number of carbonyl (C=O) groups is 1. The molecule has 2 N–H and O–H groups in total. The van der Waals surface area contributed by atoms with Crippen LogP contribution in [0.1, 0.15) is 34.5 Å². The highest BCUT2D eigenvalue weighted by Crippen LogP contribution is 2.20. The van der Waals surface area contributed by atoms with Crippen molar-refractivity contribution in [2.24, 2.45) is 0 Å². The topological polar surface area (TPSA) is 49.3 Å². The quantitative estimate of drug-likeness (QED) is 0.902. The first kappa shape index (κ1) is 14.4. The number of phenols is 1. The lowest BCUT2D eigenvalue weighted by atomic mass is 10.1. The van der Waals surface area contributed by atoms with Crippen LogP contribution in [-0.4, -0.2) is 11.0 Å². The van der Waals surface area contributed by atoms with Gasteiger partial charge in [-0.25, -0.2) is 0 Å². The van der Waals surface area contributed by atoms with Gasteiger partial charge in [0.2, 0.25) is 0 Å². The van der Waals surface area contributed by atoms with E-state index in [0.717, 1.165) is 11.1 Å². The maximum atomic E-state index is 12.1. The lowest BCUT2D eigenvalue weighted by Crippen LogP contribution is -2.26. The molecule has 0 aliphatic carbocycles. The fraction of sp³-hybridized carbons (Fsp3) is 0.188. The van der Waals surface area contributed by atoms with Crippen LogP contribution >= 0.6 is 11.6 Å². The Balaban J connectivity index is 2.13. The lowest BCUT2D eigenvalue weighted by Gasteiger charge is -2.15. The van der Waals surface area contributed by atoms with Gasteiger partial charge in [-0.05, 0) is 49.2 Å².